The Balaban J connectivity index is 1.64. The molecule has 2 atom stereocenters. The lowest BCUT2D eigenvalue weighted by atomic mass is 9.93. The smallest absolute Gasteiger partial charge is 0.241 e. The lowest BCUT2D eigenvalue weighted by molar-refractivity contribution is -0.121. The summed E-state index contributed by atoms with van der Waals surface area (Å²) >= 11 is 10.1. The zero-order chi connectivity index (χ0) is 20.1. The van der Waals surface area contributed by atoms with Gasteiger partial charge in [-0.05, 0) is 34.0 Å². The van der Waals surface area contributed by atoms with Gasteiger partial charge in [-0.2, -0.15) is 0 Å². The molecule has 1 aliphatic heterocycles. The number of halogens is 2. The monoisotopic (exact) mass is 478 g/mol. The Bertz CT molecular complexity index is 919. The van der Waals surface area contributed by atoms with Crippen LogP contribution in [0.25, 0.3) is 0 Å². The van der Waals surface area contributed by atoms with Crippen LogP contribution in [0.2, 0.25) is 30.7 Å². The van der Waals surface area contributed by atoms with Gasteiger partial charge in [0, 0.05) is 32.4 Å². The second-order valence-electron chi connectivity index (χ2n) is 8.84. The van der Waals surface area contributed by atoms with Gasteiger partial charge in [-0.15, -0.1) is 0 Å². The number of nitrogens with zero attached hydrogens (tertiary/aromatic N) is 2. The van der Waals surface area contributed by atoms with E-state index in [4.69, 9.17) is 16.3 Å². The first kappa shape index (κ1) is 20.1. The molecule has 1 aliphatic carbocycles. The lowest BCUT2D eigenvalue weighted by Gasteiger charge is -2.20. The van der Waals surface area contributed by atoms with Crippen molar-refractivity contribution in [1.29, 1.82) is 0 Å². The van der Waals surface area contributed by atoms with E-state index in [1.807, 2.05) is 18.2 Å². The van der Waals surface area contributed by atoms with Gasteiger partial charge in [0.05, 0.1) is 14.9 Å². The predicted octanol–water partition coefficient (Wildman–Crippen LogP) is 5.58. The third-order valence-corrected chi connectivity index (χ3v) is 8.59. The number of amides is 1. The van der Waals surface area contributed by atoms with E-state index in [1.54, 1.807) is 11.1 Å². The first-order valence-electron chi connectivity index (χ1n) is 9.55. The third-order valence-electron chi connectivity index (χ3n) is 5.66. The SMILES string of the molecule is C[Si](C)(C)CCOCN1C(=O)[C@@]2(C[C@@H]2c2ccccc2)c2c1ncc(Br)c2Cl. The normalized spacial score (nSPS) is 23.4. The van der Waals surface area contributed by atoms with Crippen LogP contribution in [0.1, 0.15) is 23.5 Å². The van der Waals surface area contributed by atoms with Gasteiger partial charge in [-0.25, -0.2) is 4.98 Å². The van der Waals surface area contributed by atoms with Gasteiger partial charge in [0.15, 0.2) is 0 Å². The number of rotatable bonds is 6. The van der Waals surface area contributed by atoms with E-state index in [0.717, 1.165) is 22.5 Å². The second-order valence-corrected chi connectivity index (χ2v) is 15.7. The number of ether oxygens (including phenoxy) is 1. The molecule has 1 aromatic heterocycles. The Labute approximate surface area is 180 Å². The number of aromatic nitrogens is 1. The maximum Gasteiger partial charge on any atom is 0.241 e. The van der Waals surface area contributed by atoms with Gasteiger partial charge in [0.25, 0.3) is 0 Å². The van der Waals surface area contributed by atoms with Crippen molar-refractivity contribution in [2.45, 2.75) is 43.4 Å². The standard InChI is InChI=1S/C21H24BrClN2O2Si/c1-28(2,3)10-9-27-13-25-19-17(18(23)16(22)12-24-19)21(20(25)26)11-15(21)14-7-5-4-6-8-14/h4-8,12,15H,9-11,13H2,1-3H3/t15-,21-/m1/s1. The summed E-state index contributed by atoms with van der Waals surface area (Å²) in [5, 5.41) is 0.585. The fourth-order valence-corrected chi connectivity index (χ4v) is 5.38. The molecule has 2 heterocycles. The van der Waals surface area contributed by atoms with Crippen molar-refractivity contribution < 1.29 is 9.53 Å². The van der Waals surface area contributed by atoms with Gasteiger partial charge in [-0.1, -0.05) is 61.6 Å². The maximum atomic E-state index is 13.5. The van der Waals surface area contributed by atoms with Crippen molar-refractivity contribution in [2.75, 3.05) is 18.2 Å². The Morgan fingerprint density at radius 3 is 2.71 bits per heavy atom. The fraction of sp³-hybridized carbons (Fsp3) is 0.429. The molecule has 0 radical (unpaired) electrons. The van der Waals surface area contributed by atoms with Crippen LogP contribution in [0.15, 0.2) is 41.0 Å². The molecule has 4 rings (SSSR count). The number of carbonyl (C=O) groups is 1. The predicted molar refractivity (Wildman–Crippen MR) is 119 cm³/mol. The molecular weight excluding hydrogens is 456 g/mol. The average molecular weight is 480 g/mol. The van der Waals surface area contributed by atoms with Gasteiger partial charge < -0.3 is 4.74 Å². The Morgan fingerprint density at radius 1 is 1.32 bits per heavy atom. The minimum absolute atomic E-state index is 0.0526. The molecule has 148 valence electrons. The molecule has 0 unspecified atom stereocenters. The highest BCUT2D eigenvalue weighted by Gasteiger charge is 2.68. The first-order valence-corrected chi connectivity index (χ1v) is 14.4. The maximum absolute atomic E-state index is 13.5. The summed E-state index contributed by atoms with van der Waals surface area (Å²) in [6.45, 7) is 7.83. The van der Waals surface area contributed by atoms with E-state index >= 15 is 0 Å². The number of pyridine rings is 1. The summed E-state index contributed by atoms with van der Waals surface area (Å²) in [6, 6.07) is 11.2. The van der Waals surface area contributed by atoms with Crippen LogP contribution >= 0.6 is 27.5 Å². The van der Waals surface area contributed by atoms with E-state index in [9.17, 15) is 4.79 Å². The average Bonchev–Trinajstić information content (AvgIpc) is 3.35. The zero-order valence-electron chi connectivity index (χ0n) is 16.3. The van der Waals surface area contributed by atoms with Crippen molar-refractivity contribution in [1.82, 2.24) is 4.98 Å². The van der Waals surface area contributed by atoms with Gasteiger partial charge >= 0.3 is 0 Å². The largest absolute Gasteiger partial charge is 0.361 e. The molecule has 4 nitrogen and oxygen atoms in total. The number of fused-ring (bicyclic) bond motifs is 2. The highest BCUT2D eigenvalue weighted by molar-refractivity contribution is 9.10. The summed E-state index contributed by atoms with van der Waals surface area (Å²) in [6.07, 6.45) is 2.43. The van der Waals surface area contributed by atoms with Crippen LogP contribution in [0, 0.1) is 0 Å². The van der Waals surface area contributed by atoms with Gasteiger partial charge in [0.1, 0.15) is 12.5 Å². The molecule has 7 heteroatoms. The van der Waals surface area contributed by atoms with Crippen LogP contribution in [-0.2, 0) is 14.9 Å². The fourth-order valence-electron chi connectivity index (χ4n) is 4.02. The number of hydrogen-bond acceptors (Lipinski definition) is 3. The van der Waals surface area contributed by atoms with E-state index in [1.165, 1.54) is 5.56 Å². The van der Waals surface area contributed by atoms with Crippen LogP contribution in [0.4, 0.5) is 5.82 Å². The molecule has 0 saturated heterocycles. The van der Waals surface area contributed by atoms with Gasteiger partial charge in [0.2, 0.25) is 5.91 Å². The molecule has 1 aromatic carbocycles. The molecule has 1 spiro atoms. The van der Waals surface area contributed by atoms with Crippen LogP contribution in [0.3, 0.4) is 0 Å². The molecule has 2 aliphatic rings. The van der Waals surface area contributed by atoms with E-state index in [0.29, 0.717) is 17.4 Å². The molecule has 0 N–H and O–H groups in total. The van der Waals surface area contributed by atoms with E-state index in [-0.39, 0.29) is 18.6 Å². The van der Waals surface area contributed by atoms with Crippen molar-refractivity contribution in [3.8, 4) is 0 Å². The minimum Gasteiger partial charge on any atom is -0.361 e. The topological polar surface area (TPSA) is 42.4 Å². The van der Waals surface area contributed by atoms with Crippen molar-refractivity contribution in [3.05, 3.63) is 57.2 Å². The quantitative estimate of drug-likeness (QED) is 0.401. The zero-order valence-corrected chi connectivity index (χ0v) is 19.7. The Kier molecular flexibility index (Phi) is 5.19. The van der Waals surface area contributed by atoms with Crippen molar-refractivity contribution >= 4 is 47.3 Å². The van der Waals surface area contributed by atoms with Crippen molar-refractivity contribution in [2.24, 2.45) is 0 Å². The summed E-state index contributed by atoms with van der Waals surface area (Å²) in [7, 11) is -1.18. The number of hydrogen-bond donors (Lipinski definition) is 0. The lowest BCUT2D eigenvalue weighted by Crippen LogP contribution is -2.35. The Hall–Kier alpha value is -1.21. The minimum atomic E-state index is -1.18. The molecule has 1 amide bonds. The third kappa shape index (κ3) is 3.34. The molecular formula is C21H24BrClN2O2Si. The number of benzene rings is 1. The van der Waals surface area contributed by atoms with Crippen LogP contribution in [0.5, 0.6) is 0 Å². The van der Waals surface area contributed by atoms with Crippen LogP contribution in [-0.4, -0.2) is 32.3 Å². The highest BCUT2D eigenvalue weighted by Crippen LogP contribution is 2.67. The van der Waals surface area contributed by atoms with E-state index in [2.05, 4.69) is 52.7 Å². The molecule has 2 aromatic rings. The second kappa shape index (κ2) is 7.24. The number of anilines is 1. The van der Waals surface area contributed by atoms with Gasteiger partial charge in [-0.3, -0.25) is 9.69 Å². The van der Waals surface area contributed by atoms with E-state index < -0.39 is 13.5 Å². The molecule has 0 bridgehead atoms. The Morgan fingerprint density at radius 2 is 2.04 bits per heavy atom. The highest BCUT2D eigenvalue weighted by atomic mass is 79.9. The first-order chi connectivity index (χ1) is 13.3. The molecule has 1 fully saturated rings. The van der Waals surface area contributed by atoms with Crippen LogP contribution < -0.4 is 4.90 Å². The summed E-state index contributed by atoms with van der Waals surface area (Å²) in [5.74, 6) is 0.821. The summed E-state index contributed by atoms with van der Waals surface area (Å²) in [5.41, 5.74) is 1.39. The van der Waals surface area contributed by atoms with Crippen molar-refractivity contribution in [3.63, 3.8) is 0 Å². The molecule has 28 heavy (non-hydrogen) atoms. The summed E-state index contributed by atoms with van der Waals surface area (Å²) in [4.78, 5) is 19.8. The summed E-state index contributed by atoms with van der Waals surface area (Å²) < 4.78 is 6.62. The molecule has 1 saturated carbocycles. The number of carbonyl (C=O) groups excluding carboxylic acids is 1.